The summed E-state index contributed by atoms with van der Waals surface area (Å²) in [4.78, 5) is 20.2. The van der Waals surface area contributed by atoms with Crippen LogP contribution in [0.3, 0.4) is 0 Å². The fourth-order valence-electron chi connectivity index (χ4n) is 3.36. The number of aromatic nitrogens is 2. The third kappa shape index (κ3) is 4.61. The van der Waals surface area contributed by atoms with Gasteiger partial charge < -0.3 is 9.84 Å². The van der Waals surface area contributed by atoms with E-state index in [-0.39, 0.29) is 11.8 Å². The lowest BCUT2D eigenvalue weighted by atomic mass is 9.98. The van der Waals surface area contributed by atoms with Crippen LogP contribution < -0.4 is 5.32 Å². The molecule has 2 aromatic heterocycles. The lowest BCUT2D eigenvalue weighted by Crippen LogP contribution is -2.41. The van der Waals surface area contributed by atoms with Gasteiger partial charge in [0.1, 0.15) is 0 Å². The van der Waals surface area contributed by atoms with Crippen molar-refractivity contribution in [1.82, 2.24) is 20.4 Å². The van der Waals surface area contributed by atoms with Crippen molar-refractivity contribution in [3.63, 3.8) is 0 Å². The largest absolute Gasteiger partial charge is 0.350 e. The van der Waals surface area contributed by atoms with Crippen molar-refractivity contribution in [3.05, 3.63) is 58.6 Å². The molecular weight excluding hydrogens is 360 g/mol. The molecule has 1 aromatic carbocycles. The van der Waals surface area contributed by atoms with Gasteiger partial charge in [0.05, 0.1) is 19.0 Å². The van der Waals surface area contributed by atoms with E-state index in [1.807, 2.05) is 47.8 Å². The van der Waals surface area contributed by atoms with E-state index in [1.165, 1.54) is 4.88 Å². The number of likely N-dealkylation sites (tertiary alicyclic amines) is 1. The van der Waals surface area contributed by atoms with E-state index in [2.05, 4.69) is 20.4 Å². The molecular formula is C20H22N4O2S. The monoisotopic (exact) mass is 382 g/mol. The zero-order chi connectivity index (χ0) is 18.5. The number of nitrogens with one attached hydrogen (secondary N) is 1. The van der Waals surface area contributed by atoms with Crippen molar-refractivity contribution in [2.24, 2.45) is 0 Å². The van der Waals surface area contributed by atoms with E-state index in [0.717, 1.165) is 31.5 Å². The molecule has 0 spiro atoms. The molecule has 1 saturated heterocycles. The third-order valence-corrected chi connectivity index (χ3v) is 5.61. The van der Waals surface area contributed by atoms with Gasteiger partial charge in [-0.05, 0) is 30.8 Å². The lowest BCUT2D eigenvalue weighted by molar-refractivity contribution is -0.122. The van der Waals surface area contributed by atoms with Crippen molar-refractivity contribution >= 4 is 17.2 Å². The smallest absolute Gasteiger partial charge is 0.234 e. The Hall–Kier alpha value is -2.51. The first-order valence-electron chi connectivity index (χ1n) is 9.18. The summed E-state index contributed by atoms with van der Waals surface area (Å²) in [6, 6.07) is 13.9. The van der Waals surface area contributed by atoms with Crippen molar-refractivity contribution in [3.8, 4) is 11.4 Å². The Morgan fingerprint density at radius 2 is 2.15 bits per heavy atom. The Bertz CT molecular complexity index is 863. The van der Waals surface area contributed by atoms with Crippen molar-refractivity contribution < 1.29 is 9.32 Å². The van der Waals surface area contributed by atoms with Crippen molar-refractivity contribution in [1.29, 1.82) is 0 Å². The van der Waals surface area contributed by atoms with Gasteiger partial charge in [-0.25, -0.2) is 0 Å². The minimum absolute atomic E-state index is 0.0551. The Morgan fingerprint density at radius 1 is 1.26 bits per heavy atom. The number of hydrogen-bond acceptors (Lipinski definition) is 6. The van der Waals surface area contributed by atoms with Crippen LogP contribution in [0, 0.1) is 0 Å². The lowest BCUT2D eigenvalue weighted by Gasteiger charge is -2.30. The second-order valence-corrected chi connectivity index (χ2v) is 7.78. The van der Waals surface area contributed by atoms with E-state index >= 15 is 0 Å². The Labute approximate surface area is 162 Å². The number of rotatable bonds is 6. The number of carbonyl (C=O) groups is 1. The summed E-state index contributed by atoms with van der Waals surface area (Å²) in [6.45, 7) is 2.69. The zero-order valence-electron chi connectivity index (χ0n) is 15.0. The molecule has 3 heterocycles. The van der Waals surface area contributed by atoms with Crippen LogP contribution in [0.25, 0.3) is 11.4 Å². The van der Waals surface area contributed by atoms with Gasteiger partial charge in [-0.1, -0.05) is 41.6 Å². The first-order chi connectivity index (χ1) is 13.3. The second kappa shape index (κ2) is 8.45. The van der Waals surface area contributed by atoms with E-state index in [0.29, 0.717) is 24.8 Å². The number of amides is 1. The number of thiophene rings is 1. The van der Waals surface area contributed by atoms with Crippen LogP contribution in [0.15, 0.2) is 52.4 Å². The summed E-state index contributed by atoms with van der Waals surface area (Å²) in [5.41, 5.74) is 0.952. The Kier molecular flexibility index (Phi) is 5.60. The SMILES string of the molecule is O=C(CN1CCC[C@@H](c2nc(-c3ccccc3)no2)C1)NCc1cccs1. The van der Waals surface area contributed by atoms with Crippen molar-refractivity contribution in [2.45, 2.75) is 25.3 Å². The van der Waals surface area contributed by atoms with Crippen LogP contribution in [0.5, 0.6) is 0 Å². The number of hydrogen-bond donors (Lipinski definition) is 1. The second-order valence-electron chi connectivity index (χ2n) is 6.75. The maximum absolute atomic E-state index is 12.2. The molecule has 6 nitrogen and oxygen atoms in total. The van der Waals surface area contributed by atoms with Gasteiger partial charge in [-0.15, -0.1) is 11.3 Å². The number of benzene rings is 1. The van der Waals surface area contributed by atoms with Crippen LogP contribution >= 0.6 is 11.3 Å². The molecule has 1 atom stereocenters. The molecule has 140 valence electrons. The summed E-state index contributed by atoms with van der Waals surface area (Å²) in [6.07, 6.45) is 2.02. The summed E-state index contributed by atoms with van der Waals surface area (Å²) < 4.78 is 5.52. The van der Waals surface area contributed by atoms with Gasteiger partial charge in [0, 0.05) is 17.0 Å². The van der Waals surface area contributed by atoms with Gasteiger partial charge >= 0.3 is 0 Å². The van der Waals surface area contributed by atoms with E-state index in [1.54, 1.807) is 11.3 Å². The van der Waals surface area contributed by atoms with Crippen LogP contribution in [0.2, 0.25) is 0 Å². The third-order valence-electron chi connectivity index (χ3n) is 4.74. The standard InChI is InChI=1S/C20H22N4O2S/c25-18(21-12-17-9-5-11-27-17)14-24-10-4-8-16(13-24)20-22-19(23-26-20)15-6-2-1-3-7-15/h1-3,5-7,9,11,16H,4,8,10,12-14H2,(H,21,25)/t16-/m1/s1. The van der Waals surface area contributed by atoms with Gasteiger partial charge in [0.2, 0.25) is 17.6 Å². The minimum atomic E-state index is 0.0551. The highest BCUT2D eigenvalue weighted by Crippen LogP contribution is 2.27. The van der Waals surface area contributed by atoms with E-state index < -0.39 is 0 Å². The quantitative estimate of drug-likeness (QED) is 0.708. The maximum Gasteiger partial charge on any atom is 0.234 e. The zero-order valence-corrected chi connectivity index (χ0v) is 15.8. The molecule has 27 heavy (non-hydrogen) atoms. The average Bonchev–Trinajstić information content (AvgIpc) is 3.39. The fourth-order valence-corrected chi connectivity index (χ4v) is 4.01. The summed E-state index contributed by atoms with van der Waals surface area (Å²) in [5.74, 6) is 1.52. The van der Waals surface area contributed by atoms with Gasteiger partial charge in [0.15, 0.2) is 0 Å². The van der Waals surface area contributed by atoms with E-state index in [4.69, 9.17) is 4.52 Å². The highest BCUT2D eigenvalue weighted by molar-refractivity contribution is 7.09. The predicted molar refractivity (Wildman–Crippen MR) is 104 cm³/mol. The molecule has 7 heteroatoms. The first kappa shape index (κ1) is 17.9. The fraction of sp³-hybridized carbons (Fsp3) is 0.350. The molecule has 0 saturated carbocycles. The molecule has 0 unspecified atom stereocenters. The summed E-state index contributed by atoms with van der Waals surface area (Å²) in [7, 11) is 0. The van der Waals surface area contributed by atoms with E-state index in [9.17, 15) is 4.79 Å². The summed E-state index contributed by atoms with van der Waals surface area (Å²) in [5, 5.41) is 9.13. The van der Waals surface area contributed by atoms with Gasteiger partial charge in [-0.2, -0.15) is 4.98 Å². The number of nitrogens with zero attached hydrogens (tertiary/aromatic N) is 3. The van der Waals surface area contributed by atoms with Crippen LogP contribution in [0.4, 0.5) is 0 Å². The highest BCUT2D eigenvalue weighted by Gasteiger charge is 2.27. The Balaban J connectivity index is 1.33. The maximum atomic E-state index is 12.2. The molecule has 0 bridgehead atoms. The highest BCUT2D eigenvalue weighted by atomic mass is 32.1. The predicted octanol–water partition coefficient (Wildman–Crippen LogP) is 3.29. The molecule has 1 aliphatic rings. The van der Waals surface area contributed by atoms with Gasteiger partial charge in [0.25, 0.3) is 0 Å². The molecule has 1 aliphatic heterocycles. The van der Waals surface area contributed by atoms with Crippen LogP contribution in [-0.4, -0.2) is 40.6 Å². The molecule has 1 amide bonds. The number of piperidine rings is 1. The Morgan fingerprint density at radius 3 is 2.96 bits per heavy atom. The number of carbonyl (C=O) groups excluding carboxylic acids is 1. The van der Waals surface area contributed by atoms with Crippen LogP contribution in [-0.2, 0) is 11.3 Å². The van der Waals surface area contributed by atoms with Gasteiger partial charge in [-0.3, -0.25) is 9.69 Å². The summed E-state index contributed by atoms with van der Waals surface area (Å²) >= 11 is 1.65. The first-order valence-corrected chi connectivity index (χ1v) is 10.1. The topological polar surface area (TPSA) is 71.3 Å². The molecule has 0 aliphatic carbocycles. The normalized spacial score (nSPS) is 17.7. The molecule has 3 aromatic rings. The molecule has 1 N–H and O–H groups in total. The minimum Gasteiger partial charge on any atom is -0.350 e. The molecule has 0 radical (unpaired) electrons. The molecule has 1 fully saturated rings. The average molecular weight is 382 g/mol. The molecule has 4 rings (SSSR count). The van der Waals surface area contributed by atoms with Crippen LogP contribution in [0.1, 0.15) is 29.5 Å². The van der Waals surface area contributed by atoms with Crippen molar-refractivity contribution in [2.75, 3.05) is 19.6 Å².